The number of hydrogen-bond acceptors (Lipinski definition) is 6. The monoisotopic (exact) mass is 530 g/mol. The number of urea groups is 1. The van der Waals surface area contributed by atoms with Crippen LogP contribution in [0.5, 0.6) is 0 Å². The van der Waals surface area contributed by atoms with E-state index < -0.39 is 0 Å². The summed E-state index contributed by atoms with van der Waals surface area (Å²) in [5.74, 6) is 0.227. The Morgan fingerprint density at radius 3 is 2.82 bits per heavy atom. The number of pyridine rings is 1. The fourth-order valence-electron chi connectivity index (χ4n) is 5.92. The van der Waals surface area contributed by atoms with Crippen LogP contribution in [0.15, 0.2) is 71.9 Å². The van der Waals surface area contributed by atoms with Crippen LogP contribution in [0.2, 0.25) is 0 Å². The Morgan fingerprint density at radius 2 is 2.00 bits per heavy atom. The lowest BCUT2D eigenvalue weighted by atomic mass is 9.86. The number of benzene rings is 1. The van der Waals surface area contributed by atoms with Gasteiger partial charge in [-0.05, 0) is 55.1 Å². The Morgan fingerprint density at radius 1 is 1.16 bits per heavy atom. The molecule has 3 fully saturated rings. The average Bonchev–Trinajstić information content (AvgIpc) is 3.33. The number of rotatable bonds is 5. The topological polar surface area (TPSA) is 107 Å². The summed E-state index contributed by atoms with van der Waals surface area (Å²) in [6, 6.07) is 13.4. The van der Waals surface area contributed by atoms with Crippen molar-refractivity contribution in [3.8, 4) is 11.1 Å². The minimum atomic E-state index is -0.271. The van der Waals surface area contributed by atoms with Crippen molar-refractivity contribution in [3.63, 3.8) is 0 Å². The maximum atomic E-state index is 13.5. The molecule has 0 aliphatic carbocycles. The minimum Gasteiger partial charge on any atom is -0.347 e. The molecule has 6 rings (SSSR count). The van der Waals surface area contributed by atoms with Crippen LogP contribution in [0, 0.1) is 5.92 Å². The third-order valence-corrected chi connectivity index (χ3v) is 9.04. The van der Waals surface area contributed by atoms with Gasteiger partial charge in [-0.25, -0.2) is 9.78 Å². The number of likely N-dealkylation sites (tertiary alicyclic amines) is 1. The molecule has 0 bridgehead atoms. The number of nitrogens with zero attached hydrogens (tertiary/aromatic N) is 3. The summed E-state index contributed by atoms with van der Waals surface area (Å²) in [5.41, 5.74) is 2.74. The minimum absolute atomic E-state index is 0.0184. The lowest BCUT2D eigenvalue weighted by molar-refractivity contribution is -0.128. The van der Waals surface area contributed by atoms with Crippen LogP contribution >= 0.6 is 11.8 Å². The molecule has 2 aromatic rings. The van der Waals surface area contributed by atoms with Gasteiger partial charge in [0.2, 0.25) is 5.91 Å². The Kier molecular flexibility index (Phi) is 6.67. The number of amides is 4. The summed E-state index contributed by atoms with van der Waals surface area (Å²) in [6.07, 6.45) is 5.43. The molecule has 9 nitrogen and oxygen atoms in total. The fraction of sp³-hybridized carbons (Fsp3) is 0.357. The number of carbonyl (C=O) groups is 3. The molecule has 3 saturated heterocycles. The second-order valence-electron chi connectivity index (χ2n) is 9.99. The largest absolute Gasteiger partial charge is 0.347 e. The number of hydrogen-bond donors (Lipinski definition) is 3. The molecule has 1 aromatic heterocycles. The SMILES string of the molecule is C=CC(=O)N1CCC[C@@H](NC(=O)C2=C3NC(=O)N(c4cc(-c5ccccc5)ccn4)C4CCNC(S2)C34)C1. The molecule has 196 valence electrons. The Labute approximate surface area is 225 Å². The van der Waals surface area contributed by atoms with Crippen molar-refractivity contribution in [3.05, 3.63) is 71.9 Å². The Balaban J connectivity index is 1.25. The maximum absolute atomic E-state index is 13.5. The Bertz CT molecular complexity index is 1310. The number of thioether (sulfide) groups is 1. The molecule has 10 heteroatoms. The van der Waals surface area contributed by atoms with E-state index in [4.69, 9.17) is 0 Å². The van der Waals surface area contributed by atoms with Crippen molar-refractivity contribution in [2.75, 3.05) is 24.5 Å². The number of anilines is 1. The van der Waals surface area contributed by atoms with Crippen LogP contribution in [0.3, 0.4) is 0 Å². The highest BCUT2D eigenvalue weighted by Gasteiger charge is 2.52. The van der Waals surface area contributed by atoms with Crippen LogP contribution in [-0.4, -0.2) is 64.8 Å². The molecule has 0 radical (unpaired) electrons. The predicted molar refractivity (Wildman–Crippen MR) is 147 cm³/mol. The van der Waals surface area contributed by atoms with Gasteiger partial charge in [-0.2, -0.15) is 0 Å². The fourth-order valence-corrected chi connectivity index (χ4v) is 7.32. The number of nitrogens with one attached hydrogen (secondary N) is 3. The molecular formula is C28H30N6O3S. The second-order valence-corrected chi connectivity index (χ2v) is 11.1. The van der Waals surface area contributed by atoms with Gasteiger partial charge in [-0.1, -0.05) is 48.7 Å². The van der Waals surface area contributed by atoms with Crippen molar-refractivity contribution < 1.29 is 14.4 Å². The van der Waals surface area contributed by atoms with Gasteiger partial charge in [-0.3, -0.25) is 14.5 Å². The molecule has 38 heavy (non-hydrogen) atoms. The smallest absolute Gasteiger partial charge is 0.327 e. The van der Waals surface area contributed by atoms with Crippen molar-refractivity contribution in [2.24, 2.45) is 5.92 Å². The van der Waals surface area contributed by atoms with Crippen molar-refractivity contribution >= 4 is 35.4 Å². The van der Waals surface area contributed by atoms with Gasteiger partial charge in [0, 0.05) is 36.9 Å². The van der Waals surface area contributed by atoms with Gasteiger partial charge in [-0.15, -0.1) is 0 Å². The maximum Gasteiger partial charge on any atom is 0.327 e. The zero-order valence-electron chi connectivity index (χ0n) is 20.9. The molecule has 4 aliphatic heterocycles. The summed E-state index contributed by atoms with van der Waals surface area (Å²) >= 11 is 1.48. The summed E-state index contributed by atoms with van der Waals surface area (Å²) in [7, 11) is 0. The first-order valence-corrected chi connectivity index (χ1v) is 13.9. The third kappa shape index (κ3) is 4.48. The van der Waals surface area contributed by atoms with Crippen LogP contribution in [-0.2, 0) is 9.59 Å². The molecule has 0 spiro atoms. The van der Waals surface area contributed by atoms with E-state index >= 15 is 0 Å². The predicted octanol–water partition coefficient (Wildman–Crippen LogP) is 2.83. The van der Waals surface area contributed by atoms with E-state index in [0.717, 1.165) is 36.9 Å². The van der Waals surface area contributed by atoms with Crippen LogP contribution in [0.25, 0.3) is 11.1 Å². The normalized spacial score (nSPS) is 26.5. The van der Waals surface area contributed by atoms with Crippen molar-refractivity contribution in [1.29, 1.82) is 0 Å². The first-order chi connectivity index (χ1) is 18.5. The van der Waals surface area contributed by atoms with E-state index in [1.807, 2.05) is 42.5 Å². The van der Waals surface area contributed by atoms with Crippen LogP contribution in [0.4, 0.5) is 10.6 Å². The average molecular weight is 531 g/mol. The number of piperidine rings is 2. The quantitative estimate of drug-likeness (QED) is 0.514. The standard InChI is InChI=1S/C28H30N6O3S/c1-2-22(35)33-14-6-9-19(16-33)31-26(36)25-24-23-20(11-13-30-27(23)38-25)34(28(37)32-24)21-15-18(10-12-29-21)17-7-4-3-5-8-17/h2-5,7-8,10,12,15,19-20,23,27,30H,1,6,9,11,13-14,16H2,(H,31,36)(H,32,37)/t19-,20?,23?,27?/m1/s1. The lowest BCUT2D eigenvalue weighted by Crippen LogP contribution is -2.62. The molecule has 3 N–H and O–H groups in total. The van der Waals surface area contributed by atoms with Crippen LogP contribution in [0.1, 0.15) is 19.3 Å². The van der Waals surface area contributed by atoms with E-state index in [2.05, 4.69) is 27.5 Å². The van der Waals surface area contributed by atoms with Gasteiger partial charge in [0.1, 0.15) is 5.82 Å². The summed E-state index contributed by atoms with van der Waals surface area (Å²) < 4.78 is 0. The molecule has 5 heterocycles. The van der Waals surface area contributed by atoms with Crippen molar-refractivity contribution in [2.45, 2.75) is 36.7 Å². The van der Waals surface area contributed by atoms with Gasteiger partial charge in [0.05, 0.1) is 16.3 Å². The second kappa shape index (κ2) is 10.3. The van der Waals surface area contributed by atoms with Gasteiger partial charge >= 0.3 is 6.03 Å². The van der Waals surface area contributed by atoms with Gasteiger partial charge < -0.3 is 20.9 Å². The highest BCUT2D eigenvalue weighted by Crippen LogP contribution is 2.47. The van der Waals surface area contributed by atoms with Crippen molar-refractivity contribution in [1.82, 2.24) is 25.8 Å². The number of carbonyl (C=O) groups excluding carboxylic acids is 3. The van der Waals surface area contributed by atoms with E-state index in [-0.39, 0.29) is 41.2 Å². The first-order valence-electron chi connectivity index (χ1n) is 13.0. The third-order valence-electron chi connectivity index (χ3n) is 7.69. The molecule has 4 atom stereocenters. The van der Waals surface area contributed by atoms with E-state index in [0.29, 0.717) is 29.5 Å². The highest BCUT2D eigenvalue weighted by atomic mass is 32.2. The summed E-state index contributed by atoms with van der Waals surface area (Å²) in [5, 5.41) is 9.67. The Hall–Kier alpha value is -3.63. The zero-order chi connectivity index (χ0) is 26.2. The zero-order valence-corrected chi connectivity index (χ0v) is 21.7. The summed E-state index contributed by atoms with van der Waals surface area (Å²) in [4.78, 5) is 47.6. The molecule has 4 amide bonds. The van der Waals surface area contributed by atoms with E-state index in [9.17, 15) is 14.4 Å². The van der Waals surface area contributed by atoms with Gasteiger partial charge in [0.15, 0.2) is 0 Å². The molecule has 1 aromatic carbocycles. The molecule has 4 aliphatic rings. The first kappa shape index (κ1) is 24.7. The van der Waals surface area contributed by atoms with E-state index in [1.54, 1.807) is 16.0 Å². The number of aromatic nitrogens is 1. The molecule has 0 saturated carbocycles. The van der Waals surface area contributed by atoms with E-state index in [1.165, 1.54) is 17.8 Å². The molecule has 3 unspecified atom stereocenters. The van der Waals surface area contributed by atoms with Crippen LogP contribution < -0.4 is 20.9 Å². The lowest BCUT2D eigenvalue weighted by Gasteiger charge is -2.45. The van der Waals surface area contributed by atoms with Gasteiger partial charge in [0.25, 0.3) is 5.91 Å². The highest BCUT2D eigenvalue weighted by molar-refractivity contribution is 8.04. The summed E-state index contributed by atoms with van der Waals surface area (Å²) in [6.45, 7) is 5.44. The molecular weight excluding hydrogens is 500 g/mol.